The lowest BCUT2D eigenvalue weighted by Gasteiger charge is -2.34. The van der Waals surface area contributed by atoms with Gasteiger partial charge < -0.3 is 10.1 Å². The van der Waals surface area contributed by atoms with Crippen LogP contribution in [0.2, 0.25) is 0 Å². The molecule has 1 aliphatic rings. The van der Waals surface area contributed by atoms with Gasteiger partial charge in [-0.2, -0.15) is 0 Å². The Morgan fingerprint density at radius 1 is 1.17 bits per heavy atom. The SMILES string of the molecule is C=C(C)CN1CCN(CCNC(=O)c2ccc(OC)cc2)CC1. The lowest BCUT2D eigenvalue weighted by molar-refractivity contribution is 0.0938. The number of piperazine rings is 1. The van der Waals surface area contributed by atoms with Crippen LogP contribution in [-0.2, 0) is 0 Å². The van der Waals surface area contributed by atoms with E-state index < -0.39 is 0 Å². The number of benzene rings is 1. The molecule has 0 bridgehead atoms. The number of carbonyl (C=O) groups excluding carboxylic acids is 1. The molecule has 0 aromatic heterocycles. The van der Waals surface area contributed by atoms with Crippen LogP contribution < -0.4 is 10.1 Å². The molecule has 1 aromatic carbocycles. The van der Waals surface area contributed by atoms with E-state index in [0.717, 1.165) is 45.0 Å². The summed E-state index contributed by atoms with van der Waals surface area (Å²) >= 11 is 0. The average Bonchev–Trinajstić information content (AvgIpc) is 2.56. The summed E-state index contributed by atoms with van der Waals surface area (Å²) in [4.78, 5) is 16.9. The second-order valence-electron chi connectivity index (χ2n) is 6.06. The van der Waals surface area contributed by atoms with Gasteiger partial charge in [-0.1, -0.05) is 12.2 Å². The average molecular weight is 317 g/mol. The number of ether oxygens (including phenoxy) is 1. The Labute approximate surface area is 138 Å². The predicted molar refractivity (Wildman–Crippen MR) is 93.0 cm³/mol. The maximum Gasteiger partial charge on any atom is 0.251 e. The van der Waals surface area contributed by atoms with Crippen LogP contribution in [0, 0.1) is 0 Å². The molecule has 2 rings (SSSR count). The van der Waals surface area contributed by atoms with Crippen molar-refractivity contribution >= 4 is 5.91 Å². The highest BCUT2D eigenvalue weighted by Crippen LogP contribution is 2.11. The minimum absolute atomic E-state index is 0.0337. The molecule has 1 amide bonds. The van der Waals surface area contributed by atoms with Gasteiger partial charge in [0.25, 0.3) is 5.91 Å². The monoisotopic (exact) mass is 317 g/mol. The molecule has 0 aliphatic carbocycles. The van der Waals surface area contributed by atoms with E-state index in [1.165, 1.54) is 5.57 Å². The van der Waals surface area contributed by atoms with Gasteiger partial charge >= 0.3 is 0 Å². The maximum atomic E-state index is 12.1. The number of methoxy groups -OCH3 is 1. The van der Waals surface area contributed by atoms with Gasteiger partial charge in [0, 0.05) is 51.4 Å². The van der Waals surface area contributed by atoms with Gasteiger partial charge in [-0.05, 0) is 31.2 Å². The van der Waals surface area contributed by atoms with Crippen molar-refractivity contribution in [1.29, 1.82) is 0 Å². The third kappa shape index (κ3) is 5.69. The Morgan fingerprint density at radius 3 is 2.35 bits per heavy atom. The van der Waals surface area contributed by atoms with Crippen LogP contribution in [0.4, 0.5) is 0 Å². The standard InChI is InChI=1S/C18H27N3O2/c1-15(2)14-21-12-10-20(11-13-21)9-8-19-18(22)16-4-6-17(23-3)7-5-16/h4-7H,1,8-14H2,2-3H3,(H,19,22). The lowest BCUT2D eigenvalue weighted by atomic mass is 10.2. The first-order valence-corrected chi connectivity index (χ1v) is 8.10. The molecule has 0 spiro atoms. The molecular formula is C18H27N3O2. The number of carbonyl (C=O) groups is 1. The topological polar surface area (TPSA) is 44.8 Å². The maximum absolute atomic E-state index is 12.1. The molecule has 0 unspecified atom stereocenters. The molecule has 1 N–H and O–H groups in total. The largest absolute Gasteiger partial charge is 0.497 e. The molecule has 1 aromatic rings. The predicted octanol–water partition coefficient (Wildman–Crippen LogP) is 1.62. The molecule has 126 valence electrons. The zero-order valence-corrected chi connectivity index (χ0v) is 14.2. The van der Waals surface area contributed by atoms with E-state index in [-0.39, 0.29) is 5.91 Å². The van der Waals surface area contributed by atoms with Crippen LogP contribution >= 0.6 is 0 Å². The number of rotatable bonds is 7. The van der Waals surface area contributed by atoms with Gasteiger partial charge in [-0.15, -0.1) is 0 Å². The molecule has 5 heteroatoms. The van der Waals surface area contributed by atoms with E-state index in [4.69, 9.17) is 4.74 Å². The van der Waals surface area contributed by atoms with E-state index in [0.29, 0.717) is 12.1 Å². The van der Waals surface area contributed by atoms with Crippen LogP contribution in [-0.4, -0.2) is 68.6 Å². The highest BCUT2D eigenvalue weighted by Gasteiger charge is 2.16. The Balaban J connectivity index is 1.67. The van der Waals surface area contributed by atoms with Crippen molar-refractivity contribution in [2.24, 2.45) is 0 Å². The van der Waals surface area contributed by atoms with Crippen molar-refractivity contribution in [3.8, 4) is 5.75 Å². The molecule has 5 nitrogen and oxygen atoms in total. The van der Waals surface area contributed by atoms with Crippen molar-refractivity contribution < 1.29 is 9.53 Å². The van der Waals surface area contributed by atoms with Crippen LogP contribution in [0.15, 0.2) is 36.4 Å². The summed E-state index contributed by atoms with van der Waals surface area (Å²) in [5, 5.41) is 2.98. The Hall–Kier alpha value is -1.85. The summed E-state index contributed by atoms with van der Waals surface area (Å²) in [6.07, 6.45) is 0. The fraction of sp³-hybridized carbons (Fsp3) is 0.500. The van der Waals surface area contributed by atoms with Crippen LogP contribution in [0.1, 0.15) is 17.3 Å². The van der Waals surface area contributed by atoms with Crippen LogP contribution in [0.5, 0.6) is 5.75 Å². The molecule has 1 fully saturated rings. The molecule has 0 atom stereocenters. The van der Waals surface area contributed by atoms with Gasteiger partial charge in [-0.25, -0.2) is 0 Å². The fourth-order valence-corrected chi connectivity index (χ4v) is 2.72. The summed E-state index contributed by atoms with van der Waals surface area (Å²) < 4.78 is 5.09. The smallest absolute Gasteiger partial charge is 0.251 e. The quantitative estimate of drug-likeness (QED) is 0.776. The van der Waals surface area contributed by atoms with Crippen molar-refractivity contribution in [2.45, 2.75) is 6.92 Å². The minimum Gasteiger partial charge on any atom is -0.497 e. The third-order valence-electron chi connectivity index (χ3n) is 4.02. The number of hydrogen-bond acceptors (Lipinski definition) is 4. The molecule has 1 heterocycles. The summed E-state index contributed by atoms with van der Waals surface area (Å²) in [6.45, 7) is 12.8. The van der Waals surface area contributed by atoms with Gasteiger partial charge in [0.2, 0.25) is 0 Å². The molecule has 23 heavy (non-hydrogen) atoms. The fourth-order valence-electron chi connectivity index (χ4n) is 2.72. The summed E-state index contributed by atoms with van der Waals surface area (Å²) in [5.41, 5.74) is 1.88. The normalized spacial score (nSPS) is 16.1. The van der Waals surface area contributed by atoms with E-state index in [9.17, 15) is 4.79 Å². The minimum atomic E-state index is -0.0337. The third-order valence-corrected chi connectivity index (χ3v) is 4.02. The highest BCUT2D eigenvalue weighted by atomic mass is 16.5. The van der Waals surface area contributed by atoms with E-state index in [2.05, 4.69) is 28.6 Å². The molecule has 0 radical (unpaired) electrons. The first-order chi connectivity index (χ1) is 11.1. The number of nitrogens with one attached hydrogen (secondary N) is 1. The Kier molecular flexibility index (Phi) is 6.62. The van der Waals surface area contributed by atoms with Crippen molar-refractivity contribution in [3.63, 3.8) is 0 Å². The molecule has 1 saturated heterocycles. The van der Waals surface area contributed by atoms with Crippen LogP contribution in [0.25, 0.3) is 0 Å². The Bertz CT molecular complexity index is 520. The molecular weight excluding hydrogens is 290 g/mol. The first kappa shape index (κ1) is 17.5. The van der Waals surface area contributed by atoms with E-state index in [1.54, 1.807) is 31.4 Å². The Morgan fingerprint density at radius 2 is 1.78 bits per heavy atom. The lowest BCUT2D eigenvalue weighted by Crippen LogP contribution is -2.48. The zero-order chi connectivity index (χ0) is 16.7. The zero-order valence-electron chi connectivity index (χ0n) is 14.2. The summed E-state index contributed by atoms with van der Waals surface area (Å²) in [7, 11) is 1.62. The summed E-state index contributed by atoms with van der Waals surface area (Å²) in [5.74, 6) is 0.725. The van der Waals surface area contributed by atoms with Crippen LogP contribution in [0.3, 0.4) is 0 Å². The number of nitrogens with zero attached hydrogens (tertiary/aromatic N) is 2. The number of hydrogen-bond donors (Lipinski definition) is 1. The molecule has 1 aliphatic heterocycles. The summed E-state index contributed by atoms with van der Waals surface area (Å²) in [6, 6.07) is 7.17. The van der Waals surface area contributed by atoms with E-state index in [1.807, 2.05) is 0 Å². The number of amides is 1. The molecule has 0 saturated carbocycles. The second-order valence-corrected chi connectivity index (χ2v) is 6.06. The second kappa shape index (κ2) is 8.70. The van der Waals surface area contributed by atoms with Crippen molar-refractivity contribution in [1.82, 2.24) is 15.1 Å². The highest BCUT2D eigenvalue weighted by molar-refractivity contribution is 5.94. The first-order valence-electron chi connectivity index (χ1n) is 8.10. The van der Waals surface area contributed by atoms with Gasteiger partial charge in [0.15, 0.2) is 0 Å². The van der Waals surface area contributed by atoms with Crippen molar-refractivity contribution in [3.05, 3.63) is 42.0 Å². The van der Waals surface area contributed by atoms with Gasteiger partial charge in [0.05, 0.1) is 7.11 Å². The van der Waals surface area contributed by atoms with Crippen molar-refractivity contribution in [2.75, 3.05) is 52.9 Å². The van der Waals surface area contributed by atoms with Gasteiger partial charge in [0.1, 0.15) is 5.75 Å². The van der Waals surface area contributed by atoms with E-state index >= 15 is 0 Å². The van der Waals surface area contributed by atoms with Gasteiger partial charge in [-0.3, -0.25) is 14.6 Å².